The Labute approximate surface area is 149 Å². The summed E-state index contributed by atoms with van der Waals surface area (Å²) >= 11 is 6.63. The van der Waals surface area contributed by atoms with E-state index in [0.29, 0.717) is 6.54 Å². The molecule has 0 bridgehead atoms. The number of benzene rings is 1. The molecule has 24 heavy (non-hydrogen) atoms. The van der Waals surface area contributed by atoms with Crippen molar-refractivity contribution in [2.24, 2.45) is 5.41 Å². The first-order valence-electron chi connectivity index (χ1n) is 8.60. The Kier molecular flexibility index (Phi) is 5.28. The van der Waals surface area contributed by atoms with Crippen LogP contribution in [0.1, 0.15) is 36.6 Å². The van der Waals surface area contributed by atoms with Crippen LogP contribution in [0.4, 0.5) is 0 Å². The molecule has 0 spiro atoms. The third-order valence-corrected chi connectivity index (χ3v) is 5.40. The summed E-state index contributed by atoms with van der Waals surface area (Å²) in [6, 6.07) is 10.3. The lowest BCUT2D eigenvalue weighted by Crippen LogP contribution is -2.43. The second-order valence-electron chi connectivity index (χ2n) is 7.28. The number of nitrogens with zero attached hydrogens (tertiary/aromatic N) is 3. The molecule has 1 fully saturated rings. The predicted octanol–water partition coefficient (Wildman–Crippen LogP) is 3.49. The molecule has 1 aromatic heterocycles. The van der Waals surface area contributed by atoms with Gasteiger partial charge in [0.15, 0.2) is 0 Å². The highest BCUT2D eigenvalue weighted by Gasteiger charge is 2.31. The zero-order valence-corrected chi connectivity index (χ0v) is 15.3. The number of likely N-dealkylation sites (tertiary alicyclic amines) is 1. The van der Waals surface area contributed by atoms with Crippen LogP contribution in [0.25, 0.3) is 0 Å². The normalized spacial score (nSPS) is 22.0. The molecule has 2 heterocycles. The molecule has 0 saturated carbocycles. The molecule has 3 rings (SSSR count). The molecular formula is C19H26ClN3O. The number of aromatic nitrogens is 2. The monoisotopic (exact) mass is 347 g/mol. The number of aryl methyl sites for hydroxylation is 1. The van der Waals surface area contributed by atoms with E-state index in [4.69, 9.17) is 11.6 Å². The first-order chi connectivity index (χ1) is 11.5. The maximum atomic E-state index is 9.64. The average molecular weight is 348 g/mol. The van der Waals surface area contributed by atoms with E-state index in [2.05, 4.69) is 29.1 Å². The van der Waals surface area contributed by atoms with Gasteiger partial charge in [-0.25, -0.2) is 4.68 Å². The molecule has 4 nitrogen and oxygen atoms in total. The fourth-order valence-corrected chi connectivity index (χ4v) is 3.84. The molecule has 1 N–H and O–H groups in total. The predicted molar refractivity (Wildman–Crippen MR) is 97.2 cm³/mol. The average Bonchev–Trinajstić information content (AvgIpc) is 2.83. The number of aliphatic hydroxyl groups is 1. The summed E-state index contributed by atoms with van der Waals surface area (Å²) in [4.78, 5) is 2.39. The van der Waals surface area contributed by atoms with Gasteiger partial charge in [0, 0.05) is 30.7 Å². The second-order valence-corrected chi connectivity index (χ2v) is 7.64. The van der Waals surface area contributed by atoms with E-state index in [0.717, 1.165) is 48.9 Å². The van der Waals surface area contributed by atoms with Crippen LogP contribution in [0.2, 0.25) is 5.15 Å². The lowest BCUT2D eigenvalue weighted by molar-refractivity contribution is 0.0428. The van der Waals surface area contributed by atoms with Gasteiger partial charge in [-0.3, -0.25) is 4.90 Å². The third-order valence-electron chi connectivity index (χ3n) is 4.98. The van der Waals surface area contributed by atoms with E-state index >= 15 is 0 Å². The van der Waals surface area contributed by atoms with Crippen LogP contribution in [0.15, 0.2) is 30.3 Å². The fourth-order valence-electron chi connectivity index (χ4n) is 3.55. The van der Waals surface area contributed by atoms with E-state index < -0.39 is 0 Å². The summed E-state index contributed by atoms with van der Waals surface area (Å²) in [5, 5.41) is 15.0. The first kappa shape index (κ1) is 17.5. The molecule has 1 unspecified atom stereocenters. The first-order valence-corrected chi connectivity index (χ1v) is 8.97. The van der Waals surface area contributed by atoms with Crippen molar-refractivity contribution in [3.8, 4) is 0 Å². The number of halogens is 1. The van der Waals surface area contributed by atoms with Crippen molar-refractivity contribution in [1.82, 2.24) is 14.7 Å². The minimum absolute atomic E-state index is 0.00133. The number of hydrogen-bond acceptors (Lipinski definition) is 3. The summed E-state index contributed by atoms with van der Waals surface area (Å²) < 4.78 is 1.89. The van der Waals surface area contributed by atoms with Crippen LogP contribution in [0.3, 0.4) is 0 Å². The Morgan fingerprint density at radius 3 is 2.71 bits per heavy atom. The van der Waals surface area contributed by atoms with E-state index in [1.807, 2.05) is 29.8 Å². The van der Waals surface area contributed by atoms with E-state index in [1.54, 1.807) is 0 Å². The molecule has 1 saturated heterocycles. The largest absolute Gasteiger partial charge is 0.396 e. The van der Waals surface area contributed by atoms with E-state index in [1.165, 1.54) is 5.56 Å². The Bertz CT molecular complexity index is 685. The van der Waals surface area contributed by atoms with Crippen molar-refractivity contribution in [3.05, 3.63) is 52.3 Å². The SMILES string of the molecule is Cc1nn(Cc2ccccc2)c(Cl)c1CN1CCCC(C)(CO)C1. The maximum absolute atomic E-state index is 9.64. The molecule has 5 heteroatoms. The lowest BCUT2D eigenvalue weighted by atomic mass is 9.82. The maximum Gasteiger partial charge on any atom is 0.132 e. The van der Waals surface area contributed by atoms with Crippen molar-refractivity contribution in [1.29, 1.82) is 0 Å². The van der Waals surface area contributed by atoms with Crippen LogP contribution in [-0.2, 0) is 13.1 Å². The molecule has 0 aliphatic carbocycles. The lowest BCUT2D eigenvalue weighted by Gasteiger charge is -2.39. The van der Waals surface area contributed by atoms with Crippen LogP contribution >= 0.6 is 11.6 Å². The quantitative estimate of drug-likeness (QED) is 0.900. The van der Waals surface area contributed by atoms with E-state index in [9.17, 15) is 5.11 Å². The zero-order chi connectivity index (χ0) is 17.2. The number of rotatable bonds is 5. The molecule has 1 aromatic carbocycles. The number of piperidine rings is 1. The highest BCUT2D eigenvalue weighted by atomic mass is 35.5. The van der Waals surface area contributed by atoms with Gasteiger partial charge in [0.2, 0.25) is 0 Å². The fraction of sp³-hybridized carbons (Fsp3) is 0.526. The van der Waals surface area contributed by atoms with Gasteiger partial charge in [0.05, 0.1) is 12.2 Å². The van der Waals surface area contributed by atoms with Gasteiger partial charge >= 0.3 is 0 Å². The minimum Gasteiger partial charge on any atom is -0.396 e. The molecule has 1 aliphatic rings. The van der Waals surface area contributed by atoms with Gasteiger partial charge in [0.1, 0.15) is 5.15 Å². The Morgan fingerprint density at radius 1 is 1.25 bits per heavy atom. The van der Waals surface area contributed by atoms with Gasteiger partial charge in [-0.15, -0.1) is 0 Å². The van der Waals surface area contributed by atoms with Crippen LogP contribution in [0.5, 0.6) is 0 Å². The highest BCUT2D eigenvalue weighted by molar-refractivity contribution is 6.30. The van der Waals surface area contributed by atoms with Crippen molar-refractivity contribution in [3.63, 3.8) is 0 Å². The number of aliphatic hydroxyl groups excluding tert-OH is 1. The van der Waals surface area contributed by atoms with Crippen molar-refractivity contribution in [2.45, 2.75) is 39.8 Å². The van der Waals surface area contributed by atoms with Gasteiger partial charge in [-0.2, -0.15) is 5.10 Å². The Balaban J connectivity index is 1.74. The van der Waals surface area contributed by atoms with Gasteiger partial charge in [-0.05, 0) is 31.9 Å². The second kappa shape index (κ2) is 7.26. The highest BCUT2D eigenvalue weighted by Crippen LogP contribution is 2.31. The standard InChI is InChI=1S/C19H26ClN3O/c1-15-17(12-22-10-6-9-19(2,13-22)14-24)18(20)23(21-15)11-16-7-4-3-5-8-16/h3-5,7-8,24H,6,9-14H2,1-2H3. The number of hydrogen-bond donors (Lipinski definition) is 1. The molecule has 130 valence electrons. The molecule has 0 amide bonds. The van der Waals surface area contributed by atoms with Crippen LogP contribution < -0.4 is 0 Å². The van der Waals surface area contributed by atoms with Crippen LogP contribution in [0, 0.1) is 12.3 Å². The Morgan fingerprint density at radius 2 is 2.00 bits per heavy atom. The molecule has 1 atom stereocenters. The Hall–Kier alpha value is -1.36. The summed E-state index contributed by atoms with van der Waals surface area (Å²) in [6.07, 6.45) is 2.20. The van der Waals surface area contributed by atoms with Crippen molar-refractivity contribution in [2.75, 3.05) is 19.7 Å². The van der Waals surface area contributed by atoms with E-state index in [-0.39, 0.29) is 12.0 Å². The zero-order valence-electron chi connectivity index (χ0n) is 14.5. The van der Waals surface area contributed by atoms with Gasteiger partial charge < -0.3 is 5.11 Å². The molecule has 1 aliphatic heterocycles. The minimum atomic E-state index is -0.00133. The van der Waals surface area contributed by atoms with Gasteiger partial charge in [-0.1, -0.05) is 48.9 Å². The summed E-state index contributed by atoms with van der Waals surface area (Å²) in [7, 11) is 0. The topological polar surface area (TPSA) is 41.3 Å². The summed E-state index contributed by atoms with van der Waals surface area (Å²) in [6.45, 7) is 7.87. The van der Waals surface area contributed by atoms with Gasteiger partial charge in [0.25, 0.3) is 0 Å². The molecular weight excluding hydrogens is 322 g/mol. The van der Waals surface area contributed by atoms with Crippen molar-refractivity contribution < 1.29 is 5.11 Å². The summed E-state index contributed by atoms with van der Waals surface area (Å²) in [5.41, 5.74) is 3.29. The van der Waals surface area contributed by atoms with Crippen LogP contribution in [-0.4, -0.2) is 39.5 Å². The smallest absolute Gasteiger partial charge is 0.132 e. The summed E-state index contributed by atoms with van der Waals surface area (Å²) in [5.74, 6) is 0. The third kappa shape index (κ3) is 3.82. The van der Waals surface area contributed by atoms with Crippen molar-refractivity contribution >= 4 is 11.6 Å². The molecule has 0 radical (unpaired) electrons. The molecule has 2 aromatic rings.